The Balaban J connectivity index is 1.96. The molecule has 0 bridgehead atoms. The number of fused-ring (bicyclic) bond motifs is 2. The minimum absolute atomic E-state index is 0.757. The van der Waals surface area contributed by atoms with Crippen LogP contribution < -0.4 is 10.6 Å². The molecule has 0 aliphatic carbocycles. The van der Waals surface area contributed by atoms with E-state index in [-0.39, 0.29) is 0 Å². The summed E-state index contributed by atoms with van der Waals surface area (Å²) in [6.45, 7) is 0.757. The fourth-order valence-electron chi connectivity index (χ4n) is 2.45. The van der Waals surface area contributed by atoms with Gasteiger partial charge in [0, 0.05) is 16.8 Å². The number of para-hydroxylation sites is 1. The van der Waals surface area contributed by atoms with Gasteiger partial charge in [0.25, 0.3) is 0 Å². The molecule has 0 saturated carbocycles. The first kappa shape index (κ1) is 12.6. The quantitative estimate of drug-likeness (QED) is 0.919. The zero-order valence-electron chi connectivity index (χ0n) is 11.1. The summed E-state index contributed by atoms with van der Waals surface area (Å²) in [7, 11) is 2.14. The minimum Gasteiger partial charge on any atom is -0.343 e. The molecule has 1 heterocycles. The van der Waals surface area contributed by atoms with Crippen molar-refractivity contribution in [2.45, 2.75) is 22.6 Å². The molecule has 1 aliphatic heterocycles. The number of anilines is 2. The molecule has 2 nitrogen and oxygen atoms in total. The van der Waals surface area contributed by atoms with Crippen molar-refractivity contribution in [3.8, 4) is 0 Å². The van der Waals surface area contributed by atoms with Crippen LogP contribution in [-0.2, 0) is 6.42 Å². The molecule has 3 rings (SSSR count). The van der Waals surface area contributed by atoms with Crippen LogP contribution in [0.3, 0.4) is 0 Å². The predicted octanol–water partition coefficient (Wildman–Crippen LogP) is 3.81. The number of nitrogens with zero attached hydrogens (tertiary/aromatic N) is 1. The SMILES string of the molecule is CN1c2ccccc2Sc2cc(CCCN)ccc21. The molecule has 0 amide bonds. The van der Waals surface area contributed by atoms with E-state index in [2.05, 4.69) is 54.4 Å². The average Bonchev–Trinajstić information content (AvgIpc) is 2.45. The fourth-order valence-corrected chi connectivity index (χ4v) is 3.66. The van der Waals surface area contributed by atoms with Gasteiger partial charge in [0.15, 0.2) is 0 Å². The highest BCUT2D eigenvalue weighted by Gasteiger charge is 2.20. The van der Waals surface area contributed by atoms with Crippen LogP contribution >= 0.6 is 11.8 Å². The van der Waals surface area contributed by atoms with E-state index in [1.54, 1.807) is 0 Å². The van der Waals surface area contributed by atoms with Gasteiger partial charge in [0.2, 0.25) is 0 Å². The van der Waals surface area contributed by atoms with Gasteiger partial charge < -0.3 is 10.6 Å². The van der Waals surface area contributed by atoms with Crippen LogP contribution in [0.25, 0.3) is 0 Å². The van der Waals surface area contributed by atoms with Crippen LogP contribution in [0, 0.1) is 0 Å². The van der Waals surface area contributed by atoms with Crippen molar-refractivity contribution in [3.05, 3.63) is 48.0 Å². The molecule has 0 spiro atoms. The summed E-state index contributed by atoms with van der Waals surface area (Å²) < 4.78 is 0. The van der Waals surface area contributed by atoms with Gasteiger partial charge in [0.1, 0.15) is 0 Å². The lowest BCUT2D eigenvalue weighted by Gasteiger charge is -2.29. The van der Waals surface area contributed by atoms with E-state index in [0.717, 1.165) is 19.4 Å². The van der Waals surface area contributed by atoms with Gasteiger partial charge >= 0.3 is 0 Å². The summed E-state index contributed by atoms with van der Waals surface area (Å²) in [4.78, 5) is 4.94. The van der Waals surface area contributed by atoms with Gasteiger partial charge in [-0.3, -0.25) is 0 Å². The van der Waals surface area contributed by atoms with E-state index in [1.165, 1.54) is 26.7 Å². The van der Waals surface area contributed by atoms with Gasteiger partial charge in [-0.15, -0.1) is 0 Å². The van der Waals surface area contributed by atoms with Gasteiger partial charge in [-0.2, -0.15) is 0 Å². The first-order valence-corrected chi connectivity index (χ1v) is 7.45. The van der Waals surface area contributed by atoms with E-state index in [4.69, 9.17) is 5.73 Å². The topological polar surface area (TPSA) is 29.3 Å². The Hall–Kier alpha value is -1.45. The Morgan fingerprint density at radius 3 is 2.68 bits per heavy atom. The molecule has 0 unspecified atom stereocenters. The van der Waals surface area contributed by atoms with E-state index in [9.17, 15) is 0 Å². The van der Waals surface area contributed by atoms with Crippen LogP contribution in [0.1, 0.15) is 12.0 Å². The van der Waals surface area contributed by atoms with Crippen LogP contribution in [0.4, 0.5) is 11.4 Å². The standard InChI is InChI=1S/C16H18N2S/c1-18-13-6-2-3-7-15(13)19-16-11-12(5-4-10-17)8-9-14(16)18/h2-3,6-9,11H,4-5,10,17H2,1H3. The highest BCUT2D eigenvalue weighted by molar-refractivity contribution is 7.99. The maximum Gasteiger partial charge on any atom is 0.0550 e. The predicted molar refractivity (Wildman–Crippen MR) is 82.4 cm³/mol. The van der Waals surface area contributed by atoms with Crippen LogP contribution in [-0.4, -0.2) is 13.6 Å². The number of nitrogens with two attached hydrogens (primary N) is 1. The van der Waals surface area contributed by atoms with Crippen LogP contribution in [0.15, 0.2) is 52.3 Å². The van der Waals surface area contributed by atoms with Crippen molar-refractivity contribution in [3.63, 3.8) is 0 Å². The van der Waals surface area contributed by atoms with E-state index in [1.807, 2.05) is 11.8 Å². The number of hydrogen-bond acceptors (Lipinski definition) is 3. The van der Waals surface area contributed by atoms with Crippen molar-refractivity contribution in [1.82, 2.24) is 0 Å². The lowest BCUT2D eigenvalue weighted by Crippen LogP contribution is -2.14. The Bertz CT molecular complexity index is 595. The number of rotatable bonds is 3. The second-order valence-corrected chi connectivity index (χ2v) is 5.91. The lowest BCUT2D eigenvalue weighted by molar-refractivity contribution is 0.830. The molecule has 2 aromatic carbocycles. The van der Waals surface area contributed by atoms with Crippen LogP contribution in [0.5, 0.6) is 0 Å². The zero-order chi connectivity index (χ0) is 13.2. The average molecular weight is 270 g/mol. The maximum atomic E-state index is 5.59. The Labute approximate surface area is 118 Å². The fraction of sp³-hybridized carbons (Fsp3) is 0.250. The second-order valence-electron chi connectivity index (χ2n) is 4.82. The first-order chi connectivity index (χ1) is 9.29. The molecule has 19 heavy (non-hydrogen) atoms. The molecule has 98 valence electrons. The monoisotopic (exact) mass is 270 g/mol. The Morgan fingerprint density at radius 1 is 1.05 bits per heavy atom. The van der Waals surface area contributed by atoms with Gasteiger partial charge in [-0.1, -0.05) is 30.0 Å². The van der Waals surface area contributed by atoms with Gasteiger partial charge in [0.05, 0.1) is 11.4 Å². The van der Waals surface area contributed by atoms with Crippen LogP contribution in [0.2, 0.25) is 0 Å². The molecule has 1 aliphatic rings. The molecular formula is C16H18N2S. The van der Waals surface area contributed by atoms with Crippen molar-refractivity contribution < 1.29 is 0 Å². The second kappa shape index (κ2) is 5.27. The summed E-state index contributed by atoms with van der Waals surface area (Å²) in [5.74, 6) is 0. The summed E-state index contributed by atoms with van der Waals surface area (Å²) in [6.07, 6.45) is 2.12. The molecular weight excluding hydrogens is 252 g/mol. The van der Waals surface area contributed by atoms with Gasteiger partial charge in [-0.25, -0.2) is 0 Å². The number of benzene rings is 2. The largest absolute Gasteiger partial charge is 0.343 e. The van der Waals surface area contributed by atoms with E-state index < -0.39 is 0 Å². The van der Waals surface area contributed by atoms with Crippen molar-refractivity contribution >= 4 is 23.1 Å². The molecule has 0 fully saturated rings. The maximum absolute atomic E-state index is 5.59. The third-order valence-corrected chi connectivity index (χ3v) is 4.61. The van der Waals surface area contributed by atoms with Crippen molar-refractivity contribution in [2.24, 2.45) is 5.73 Å². The van der Waals surface area contributed by atoms with Crippen molar-refractivity contribution in [1.29, 1.82) is 0 Å². The third-order valence-electron chi connectivity index (χ3n) is 3.50. The Morgan fingerprint density at radius 2 is 1.84 bits per heavy atom. The molecule has 3 heteroatoms. The molecule has 2 N–H and O–H groups in total. The highest BCUT2D eigenvalue weighted by Crippen LogP contribution is 2.47. The van der Waals surface area contributed by atoms with E-state index >= 15 is 0 Å². The molecule has 0 radical (unpaired) electrons. The number of hydrogen-bond donors (Lipinski definition) is 1. The lowest BCUT2D eigenvalue weighted by atomic mass is 10.1. The third kappa shape index (κ3) is 2.36. The van der Waals surface area contributed by atoms with Gasteiger partial charge in [-0.05, 0) is 49.2 Å². The Kier molecular flexibility index (Phi) is 3.49. The summed E-state index contributed by atoms with van der Waals surface area (Å²) in [5.41, 5.74) is 9.54. The summed E-state index contributed by atoms with van der Waals surface area (Å²) in [6, 6.07) is 15.3. The van der Waals surface area contributed by atoms with Crippen molar-refractivity contribution in [2.75, 3.05) is 18.5 Å². The van der Waals surface area contributed by atoms with E-state index in [0.29, 0.717) is 0 Å². The summed E-state index contributed by atoms with van der Waals surface area (Å²) in [5, 5.41) is 0. The normalized spacial score (nSPS) is 13.1. The summed E-state index contributed by atoms with van der Waals surface area (Å²) >= 11 is 1.86. The smallest absolute Gasteiger partial charge is 0.0550 e. The molecule has 0 aromatic heterocycles. The zero-order valence-corrected chi connectivity index (χ0v) is 11.9. The highest BCUT2D eigenvalue weighted by atomic mass is 32.2. The molecule has 2 aromatic rings. The molecule has 0 atom stereocenters. The first-order valence-electron chi connectivity index (χ1n) is 6.63. The number of aryl methyl sites for hydroxylation is 1. The minimum atomic E-state index is 0.757. The molecule has 0 saturated heterocycles.